The van der Waals surface area contributed by atoms with E-state index in [0.29, 0.717) is 11.4 Å². The molecule has 3 aromatic rings. The SMILES string of the molecule is COc1ccccc1C1C2C(=O)N(c3cccc(C)c3)C(=O)C2ON1c1ccccc1. The van der Waals surface area contributed by atoms with E-state index in [1.807, 2.05) is 79.7 Å². The van der Waals surface area contributed by atoms with Gasteiger partial charge in [-0.3, -0.25) is 14.4 Å². The molecule has 3 unspecified atom stereocenters. The van der Waals surface area contributed by atoms with Crippen LogP contribution < -0.4 is 14.7 Å². The third-order valence-corrected chi connectivity index (χ3v) is 5.84. The third kappa shape index (κ3) is 3.07. The summed E-state index contributed by atoms with van der Waals surface area (Å²) in [5.74, 6) is -0.662. The monoisotopic (exact) mass is 414 g/mol. The summed E-state index contributed by atoms with van der Waals surface area (Å²) in [5.41, 5.74) is 3.12. The van der Waals surface area contributed by atoms with Gasteiger partial charge in [0.15, 0.2) is 6.10 Å². The fraction of sp³-hybridized carbons (Fsp3) is 0.200. The van der Waals surface area contributed by atoms with Crippen LogP contribution in [-0.2, 0) is 14.4 Å². The molecule has 2 saturated heterocycles. The first-order valence-corrected chi connectivity index (χ1v) is 10.2. The van der Waals surface area contributed by atoms with Crippen molar-refractivity contribution in [3.63, 3.8) is 0 Å². The Morgan fingerprint density at radius 3 is 2.29 bits per heavy atom. The maximum atomic E-state index is 13.6. The molecule has 2 aliphatic rings. The molecule has 156 valence electrons. The molecule has 5 rings (SSSR count). The van der Waals surface area contributed by atoms with Gasteiger partial charge in [0.05, 0.1) is 24.5 Å². The molecule has 3 aromatic carbocycles. The zero-order chi connectivity index (χ0) is 21.5. The second kappa shape index (κ2) is 7.56. The molecule has 0 radical (unpaired) electrons. The minimum absolute atomic E-state index is 0.269. The maximum absolute atomic E-state index is 13.6. The summed E-state index contributed by atoms with van der Waals surface area (Å²) in [5, 5.41) is 1.68. The van der Waals surface area contributed by atoms with Crippen molar-refractivity contribution in [2.24, 2.45) is 5.92 Å². The lowest BCUT2D eigenvalue weighted by Crippen LogP contribution is -2.37. The van der Waals surface area contributed by atoms with Gasteiger partial charge in [0.1, 0.15) is 11.7 Å². The predicted octanol–water partition coefficient (Wildman–Crippen LogP) is 4.05. The van der Waals surface area contributed by atoms with Gasteiger partial charge in [-0.05, 0) is 42.8 Å². The Kier molecular flexibility index (Phi) is 4.71. The van der Waals surface area contributed by atoms with Gasteiger partial charge in [0.25, 0.3) is 5.91 Å². The largest absolute Gasteiger partial charge is 0.496 e. The smallest absolute Gasteiger partial charge is 0.266 e. The molecular weight excluding hydrogens is 392 g/mol. The standard InChI is InChI=1S/C25H22N2O4/c1-16-9-8-12-18(15-16)26-24(28)21-22(19-13-6-7-14-20(19)30-2)27(31-23(21)25(26)29)17-10-4-3-5-11-17/h3-15,21-23H,1-2H3. The van der Waals surface area contributed by atoms with Crippen molar-refractivity contribution >= 4 is 23.2 Å². The molecule has 0 saturated carbocycles. The highest BCUT2D eigenvalue weighted by molar-refractivity contribution is 6.24. The number of para-hydroxylation sites is 2. The van der Waals surface area contributed by atoms with Gasteiger partial charge in [0, 0.05) is 5.56 Å². The maximum Gasteiger partial charge on any atom is 0.266 e. The van der Waals surface area contributed by atoms with Gasteiger partial charge in [-0.2, -0.15) is 0 Å². The quantitative estimate of drug-likeness (QED) is 0.603. The van der Waals surface area contributed by atoms with Gasteiger partial charge in [-0.15, -0.1) is 0 Å². The van der Waals surface area contributed by atoms with Crippen LogP contribution in [0.2, 0.25) is 0 Å². The van der Waals surface area contributed by atoms with Gasteiger partial charge < -0.3 is 4.74 Å². The number of hydrogen-bond donors (Lipinski definition) is 0. The molecule has 0 aliphatic carbocycles. The van der Waals surface area contributed by atoms with Crippen molar-refractivity contribution in [3.8, 4) is 5.75 Å². The van der Waals surface area contributed by atoms with E-state index >= 15 is 0 Å². The molecule has 0 bridgehead atoms. The molecule has 2 fully saturated rings. The number of carbonyl (C=O) groups is 2. The lowest BCUT2D eigenvalue weighted by atomic mass is 9.90. The number of hydrogen-bond acceptors (Lipinski definition) is 5. The summed E-state index contributed by atoms with van der Waals surface area (Å²) in [6.45, 7) is 1.93. The van der Waals surface area contributed by atoms with Gasteiger partial charge in [-0.25, -0.2) is 9.96 Å². The summed E-state index contributed by atoms with van der Waals surface area (Å²) < 4.78 is 5.59. The van der Waals surface area contributed by atoms with Crippen LogP contribution in [0.4, 0.5) is 11.4 Å². The van der Waals surface area contributed by atoms with E-state index in [-0.39, 0.29) is 11.8 Å². The number of imide groups is 1. The van der Waals surface area contributed by atoms with E-state index in [4.69, 9.17) is 9.57 Å². The molecule has 31 heavy (non-hydrogen) atoms. The second-order valence-electron chi connectivity index (χ2n) is 7.75. The number of aryl methyl sites for hydroxylation is 1. The molecule has 0 N–H and O–H groups in total. The lowest BCUT2D eigenvalue weighted by molar-refractivity contribution is -0.126. The van der Waals surface area contributed by atoms with E-state index in [1.54, 1.807) is 18.2 Å². The third-order valence-electron chi connectivity index (χ3n) is 5.84. The summed E-state index contributed by atoms with van der Waals surface area (Å²) in [6, 6.07) is 23.9. The van der Waals surface area contributed by atoms with E-state index < -0.39 is 18.1 Å². The Morgan fingerprint density at radius 1 is 0.839 bits per heavy atom. The van der Waals surface area contributed by atoms with Gasteiger partial charge in [0.2, 0.25) is 5.91 Å². The Balaban J connectivity index is 1.62. The molecule has 2 heterocycles. The normalized spacial score (nSPS) is 22.7. The molecule has 6 heteroatoms. The summed E-state index contributed by atoms with van der Waals surface area (Å²) in [4.78, 5) is 34.4. The number of amides is 2. The average molecular weight is 414 g/mol. The molecule has 0 aromatic heterocycles. The highest BCUT2D eigenvalue weighted by atomic mass is 16.7. The summed E-state index contributed by atoms with van der Waals surface area (Å²) in [6.07, 6.45) is -0.900. The number of rotatable bonds is 4. The van der Waals surface area contributed by atoms with Crippen LogP contribution in [0.1, 0.15) is 17.2 Å². The topological polar surface area (TPSA) is 59.1 Å². The number of benzene rings is 3. The second-order valence-corrected chi connectivity index (χ2v) is 7.75. The summed E-state index contributed by atoms with van der Waals surface area (Å²) in [7, 11) is 1.60. The minimum atomic E-state index is -0.900. The number of methoxy groups -OCH3 is 1. The fourth-order valence-corrected chi connectivity index (χ4v) is 4.46. The van der Waals surface area contributed by atoms with Crippen molar-refractivity contribution in [1.29, 1.82) is 0 Å². The van der Waals surface area contributed by atoms with Crippen molar-refractivity contribution in [2.45, 2.75) is 19.1 Å². The van der Waals surface area contributed by atoms with Crippen molar-refractivity contribution in [1.82, 2.24) is 0 Å². The van der Waals surface area contributed by atoms with E-state index in [2.05, 4.69) is 0 Å². The van der Waals surface area contributed by atoms with E-state index in [1.165, 1.54) is 4.90 Å². The number of hydroxylamine groups is 1. The van der Waals surface area contributed by atoms with Crippen LogP contribution in [0, 0.1) is 12.8 Å². The number of carbonyl (C=O) groups excluding carboxylic acids is 2. The van der Waals surface area contributed by atoms with E-state index in [9.17, 15) is 9.59 Å². The number of fused-ring (bicyclic) bond motifs is 1. The Bertz CT molecular complexity index is 1150. The first-order valence-electron chi connectivity index (χ1n) is 10.2. The average Bonchev–Trinajstić information content (AvgIpc) is 3.30. The van der Waals surface area contributed by atoms with Gasteiger partial charge >= 0.3 is 0 Å². The molecule has 6 nitrogen and oxygen atoms in total. The van der Waals surface area contributed by atoms with Crippen LogP contribution in [0.3, 0.4) is 0 Å². The highest BCUT2D eigenvalue weighted by Gasteiger charge is 2.60. The zero-order valence-corrected chi connectivity index (χ0v) is 17.3. The van der Waals surface area contributed by atoms with Crippen molar-refractivity contribution in [3.05, 3.63) is 90.0 Å². The Hall–Kier alpha value is -3.64. The lowest BCUT2D eigenvalue weighted by Gasteiger charge is -2.29. The van der Waals surface area contributed by atoms with Gasteiger partial charge in [-0.1, -0.05) is 48.5 Å². The molecule has 2 aliphatic heterocycles. The fourth-order valence-electron chi connectivity index (χ4n) is 4.46. The first-order chi connectivity index (χ1) is 15.1. The van der Waals surface area contributed by atoms with Crippen molar-refractivity contribution in [2.75, 3.05) is 17.1 Å². The number of anilines is 2. The van der Waals surface area contributed by atoms with Crippen LogP contribution in [0.15, 0.2) is 78.9 Å². The van der Waals surface area contributed by atoms with E-state index in [0.717, 1.165) is 16.8 Å². The molecule has 0 spiro atoms. The van der Waals surface area contributed by atoms with Crippen LogP contribution in [0.25, 0.3) is 0 Å². The summed E-state index contributed by atoms with van der Waals surface area (Å²) >= 11 is 0. The van der Waals surface area contributed by atoms with Crippen LogP contribution in [-0.4, -0.2) is 25.0 Å². The predicted molar refractivity (Wildman–Crippen MR) is 117 cm³/mol. The Morgan fingerprint density at radius 2 is 1.55 bits per heavy atom. The van der Waals surface area contributed by atoms with Crippen LogP contribution in [0.5, 0.6) is 5.75 Å². The first kappa shape index (κ1) is 19.3. The molecule has 3 atom stereocenters. The van der Waals surface area contributed by atoms with Crippen molar-refractivity contribution < 1.29 is 19.2 Å². The molecular formula is C25H22N2O4. The number of nitrogens with zero attached hydrogens (tertiary/aromatic N) is 2. The minimum Gasteiger partial charge on any atom is -0.496 e. The number of ether oxygens (including phenoxy) is 1. The zero-order valence-electron chi connectivity index (χ0n) is 17.3. The van der Waals surface area contributed by atoms with Crippen LogP contribution >= 0.6 is 0 Å². The Labute approximate surface area is 180 Å². The highest BCUT2D eigenvalue weighted by Crippen LogP contribution is 2.49. The molecule has 2 amide bonds.